The summed E-state index contributed by atoms with van der Waals surface area (Å²) in [6.07, 6.45) is -3.89. The minimum Gasteiger partial charge on any atom is -0.497 e. The van der Waals surface area contributed by atoms with Crippen LogP contribution in [0.4, 0.5) is 18.9 Å². The molecule has 1 atom stereocenters. The molecule has 2 aromatic rings. The molecule has 0 amide bonds. The quantitative estimate of drug-likeness (QED) is 0.706. The molecule has 4 rings (SSSR count). The summed E-state index contributed by atoms with van der Waals surface area (Å²) in [5.74, 6) is 1.38. The first-order valence-electron chi connectivity index (χ1n) is 8.95. The lowest BCUT2D eigenvalue weighted by atomic mass is 9.91. The van der Waals surface area contributed by atoms with Crippen molar-refractivity contribution in [2.75, 3.05) is 19.2 Å². The summed E-state index contributed by atoms with van der Waals surface area (Å²) >= 11 is 0. The van der Waals surface area contributed by atoms with Gasteiger partial charge in [0, 0.05) is 23.5 Å². The Bertz CT molecular complexity index is 1050. The van der Waals surface area contributed by atoms with Crippen molar-refractivity contribution < 1.29 is 27.4 Å². The lowest BCUT2D eigenvalue weighted by molar-refractivity contribution is -0.102. The van der Waals surface area contributed by atoms with Gasteiger partial charge in [0.15, 0.2) is 17.2 Å². The molecule has 0 bridgehead atoms. The molecular formula is C20H19F3N4O3. The van der Waals surface area contributed by atoms with E-state index in [4.69, 9.17) is 19.9 Å². The number of anilines is 1. The number of hydrogen-bond acceptors (Lipinski definition) is 7. The highest BCUT2D eigenvalue weighted by atomic mass is 19.4. The molecule has 30 heavy (non-hydrogen) atoms. The predicted octanol–water partition coefficient (Wildman–Crippen LogP) is 3.36. The molecule has 2 heterocycles. The first-order chi connectivity index (χ1) is 14.2. The summed E-state index contributed by atoms with van der Waals surface area (Å²) in [5.41, 5.74) is 4.59. The van der Waals surface area contributed by atoms with Crippen LogP contribution in [0.1, 0.15) is 11.1 Å². The maximum Gasteiger partial charge on any atom is 0.418 e. The molecular weight excluding hydrogens is 401 g/mol. The molecule has 1 unspecified atom stereocenters. The molecule has 0 radical (unpaired) electrons. The molecule has 0 saturated heterocycles. The molecule has 0 aromatic heterocycles. The molecule has 4 N–H and O–H groups in total. The van der Waals surface area contributed by atoms with Crippen LogP contribution in [0.5, 0.6) is 17.2 Å². The molecule has 158 valence electrons. The fourth-order valence-corrected chi connectivity index (χ4v) is 3.23. The van der Waals surface area contributed by atoms with Crippen molar-refractivity contribution in [3.63, 3.8) is 0 Å². The van der Waals surface area contributed by atoms with Crippen molar-refractivity contribution >= 4 is 11.6 Å². The third-order valence-corrected chi connectivity index (χ3v) is 4.87. The number of hydrogen-bond donors (Lipinski definition) is 3. The number of nitrogens with one attached hydrogen (secondary N) is 2. The van der Waals surface area contributed by atoms with E-state index in [0.29, 0.717) is 22.9 Å². The van der Waals surface area contributed by atoms with Gasteiger partial charge in [-0.3, -0.25) is 5.73 Å². The number of nitrogens with zero attached hydrogens (tertiary/aromatic N) is 1. The Kier molecular flexibility index (Phi) is 4.73. The molecule has 0 fully saturated rings. The number of halogens is 3. The van der Waals surface area contributed by atoms with E-state index >= 15 is 0 Å². The zero-order chi connectivity index (χ0) is 21.5. The topological polar surface area (TPSA) is 90.1 Å². The Labute approximate surface area is 170 Å². The van der Waals surface area contributed by atoms with E-state index in [1.807, 2.05) is 13.0 Å². The molecule has 7 nitrogen and oxygen atoms in total. The van der Waals surface area contributed by atoms with Crippen LogP contribution in [0.25, 0.3) is 0 Å². The summed E-state index contributed by atoms with van der Waals surface area (Å²) in [6, 6.07) is 9.66. The molecule has 2 aliphatic rings. The van der Waals surface area contributed by atoms with Gasteiger partial charge >= 0.3 is 6.18 Å². The van der Waals surface area contributed by atoms with Crippen molar-refractivity contribution in [1.82, 2.24) is 5.32 Å². The number of methoxy groups -OCH3 is 1. The number of guanidine groups is 1. The number of aliphatic imine (C=N–C) groups is 1. The van der Waals surface area contributed by atoms with Crippen molar-refractivity contribution in [2.24, 2.45) is 10.7 Å². The summed E-state index contributed by atoms with van der Waals surface area (Å²) < 4.78 is 57.0. The molecule has 2 aromatic carbocycles. The average molecular weight is 420 g/mol. The maximum absolute atomic E-state index is 13.8. The van der Waals surface area contributed by atoms with Crippen LogP contribution in [-0.4, -0.2) is 26.0 Å². The fourth-order valence-electron chi connectivity index (χ4n) is 3.23. The van der Waals surface area contributed by atoms with E-state index in [0.717, 1.165) is 11.8 Å². The largest absolute Gasteiger partial charge is 0.497 e. The number of fused-ring (bicyclic) bond motifs is 1. The third-order valence-electron chi connectivity index (χ3n) is 4.87. The third kappa shape index (κ3) is 3.50. The van der Waals surface area contributed by atoms with E-state index in [2.05, 4.69) is 15.6 Å². The number of nitrogens with two attached hydrogens (primary N) is 1. The minimum atomic E-state index is -4.71. The van der Waals surface area contributed by atoms with Crippen LogP contribution >= 0.6 is 0 Å². The van der Waals surface area contributed by atoms with Gasteiger partial charge in [-0.15, -0.1) is 0 Å². The van der Waals surface area contributed by atoms with Gasteiger partial charge in [0.25, 0.3) is 0 Å². The second-order valence-corrected chi connectivity index (χ2v) is 6.80. The standard InChI is InChI=1S/C20H19F3N4O3/c1-11-3-5-13(28-2)8-14(11)26-18-25-9-17(20(21,22)23)19(24,27-18)12-4-6-15-16(7-12)30-10-29-15/h3-9H,10,24H2,1-2H3,(H2,25,26,27). The van der Waals surface area contributed by atoms with Gasteiger partial charge < -0.3 is 24.8 Å². The lowest BCUT2D eigenvalue weighted by Crippen LogP contribution is -2.49. The van der Waals surface area contributed by atoms with Gasteiger partial charge in [-0.05, 0) is 30.7 Å². The fraction of sp³-hybridized carbons (Fsp3) is 0.250. The number of aryl methyl sites for hydroxylation is 1. The average Bonchev–Trinajstić information content (AvgIpc) is 3.16. The molecule has 2 aliphatic heterocycles. The van der Waals surface area contributed by atoms with E-state index in [-0.39, 0.29) is 18.3 Å². The maximum atomic E-state index is 13.8. The van der Waals surface area contributed by atoms with Crippen molar-refractivity contribution in [3.8, 4) is 17.2 Å². The smallest absolute Gasteiger partial charge is 0.418 e. The molecule has 0 spiro atoms. The Morgan fingerprint density at radius 3 is 2.67 bits per heavy atom. The van der Waals surface area contributed by atoms with Crippen LogP contribution in [0.2, 0.25) is 0 Å². The van der Waals surface area contributed by atoms with Crippen LogP contribution in [0.15, 0.2) is 53.2 Å². The van der Waals surface area contributed by atoms with Crippen molar-refractivity contribution in [3.05, 3.63) is 59.3 Å². The van der Waals surface area contributed by atoms with Gasteiger partial charge in [-0.25, -0.2) is 4.99 Å². The molecule has 10 heteroatoms. The predicted molar refractivity (Wildman–Crippen MR) is 104 cm³/mol. The Morgan fingerprint density at radius 1 is 1.17 bits per heavy atom. The highest BCUT2D eigenvalue weighted by Crippen LogP contribution is 2.43. The highest BCUT2D eigenvalue weighted by Gasteiger charge is 2.49. The minimum absolute atomic E-state index is 0.00886. The summed E-state index contributed by atoms with van der Waals surface area (Å²) in [4.78, 5) is 4.20. The van der Waals surface area contributed by atoms with E-state index in [1.54, 1.807) is 12.1 Å². The van der Waals surface area contributed by atoms with Crippen molar-refractivity contribution in [1.29, 1.82) is 0 Å². The molecule has 0 aliphatic carbocycles. The first kappa shape index (κ1) is 19.9. The van der Waals surface area contributed by atoms with E-state index < -0.39 is 17.4 Å². The number of rotatable bonds is 3. The first-order valence-corrected chi connectivity index (χ1v) is 8.95. The Balaban J connectivity index is 1.75. The van der Waals surface area contributed by atoms with Crippen molar-refractivity contribution in [2.45, 2.75) is 18.8 Å². The van der Waals surface area contributed by atoms with Gasteiger partial charge in [-0.1, -0.05) is 12.1 Å². The second kappa shape index (κ2) is 7.13. The lowest BCUT2D eigenvalue weighted by Gasteiger charge is -2.34. The highest BCUT2D eigenvalue weighted by molar-refractivity contribution is 5.96. The normalized spacial score (nSPS) is 20.2. The van der Waals surface area contributed by atoms with Gasteiger partial charge in [0.05, 0.1) is 12.7 Å². The summed E-state index contributed by atoms with van der Waals surface area (Å²) in [6.45, 7) is 1.83. The second-order valence-electron chi connectivity index (χ2n) is 6.80. The number of ether oxygens (including phenoxy) is 3. The Hall–Kier alpha value is -3.40. The van der Waals surface area contributed by atoms with Crippen LogP contribution < -0.4 is 30.6 Å². The zero-order valence-electron chi connectivity index (χ0n) is 16.1. The van der Waals surface area contributed by atoms with Crippen LogP contribution in [0, 0.1) is 6.92 Å². The number of alkyl halides is 3. The molecule has 0 saturated carbocycles. The van der Waals surface area contributed by atoms with Gasteiger partial charge in [-0.2, -0.15) is 13.2 Å². The van der Waals surface area contributed by atoms with Gasteiger partial charge in [0.2, 0.25) is 12.8 Å². The number of benzene rings is 2. The van der Waals surface area contributed by atoms with Crippen LogP contribution in [-0.2, 0) is 5.66 Å². The Morgan fingerprint density at radius 2 is 1.93 bits per heavy atom. The monoisotopic (exact) mass is 420 g/mol. The van der Waals surface area contributed by atoms with E-state index in [9.17, 15) is 13.2 Å². The van der Waals surface area contributed by atoms with E-state index in [1.165, 1.54) is 25.3 Å². The van der Waals surface area contributed by atoms with Crippen LogP contribution in [0.3, 0.4) is 0 Å². The zero-order valence-corrected chi connectivity index (χ0v) is 16.1. The summed E-state index contributed by atoms with van der Waals surface area (Å²) in [7, 11) is 1.52. The summed E-state index contributed by atoms with van der Waals surface area (Å²) in [5, 5.41) is 5.53. The van der Waals surface area contributed by atoms with Gasteiger partial charge in [0.1, 0.15) is 5.75 Å². The SMILES string of the molecule is COc1ccc(C)c(NC2=NC(N)(c3ccc4c(c3)OCO4)C(C(F)(F)F)=CN2)c1.